The predicted molar refractivity (Wildman–Crippen MR) is 125 cm³/mol. The van der Waals surface area contributed by atoms with Gasteiger partial charge in [0.25, 0.3) is 0 Å². The summed E-state index contributed by atoms with van der Waals surface area (Å²) in [7, 11) is 0. The van der Waals surface area contributed by atoms with Gasteiger partial charge < -0.3 is 42.5 Å². The van der Waals surface area contributed by atoms with Crippen molar-refractivity contribution in [2.24, 2.45) is 11.5 Å². The van der Waals surface area contributed by atoms with Gasteiger partial charge in [-0.15, -0.1) is 0 Å². The minimum atomic E-state index is -1.23. The number of imidazole rings is 2. The summed E-state index contributed by atoms with van der Waals surface area (Å²) >= 11 is 0. The molecule has 0 spiro atoms. The van der Waals surface area contributed by atoms with E-state index in [4.69, 9.17) is 11.5 Å². The number of rotatable bonds is 15. The van der Waals surface area contributed by atoms with Crippen molar-refractivity contribution >= 4 is 23.7 Å². The first-order chi connectivity index (χ1) is 16.7. The molecule has 0 saturated carbocycles. The average Bonchev–Trinajstić information content (AvgIpc) is 3.52. The fourth-order valence-corrected chi connectivity index (χ4v) is 3.26. The first kappa shape index (κ1) is 27.5. The standard InChI is InChI=1S/C21H33N9O5/c1-12(28-19(32)15(23)6-13-8-24-10-26-13)18(31)29-16(4-2-3-5-22)20(33)30-17(21(34)35)7-14-9-25-11-27-14/h8-12,15-17H,2-7,22-23H2,1H3,(H,24,26)(H,25,27)(H,28,32)(H,29,31)(H,30,33)(H,34,35). The van der Waals surface area contributed by atoms with E-state index in [2.05, 4.69) is 35.9 Å². The molecular formula is C21H33N9O5. The third-order valence-electron chi connectivity index (χ3n) is 5.26. The topological polar surface area (TPSA) is 234 Å². The third-order valence-corrected chi connectivity index (χ3v) is 5.26. The smallest absolute Gasteiger partial charge is 0.326 e. The predicted octanol–water partition coefficient (Wildman–Crippen LogP) is -2.07. The highest BCUT2D eigenvalue weighted by molar-refractivity contribution is 5.93. The van der Waals surface area contributed by atoms with Crippen LogP contribution in [0.15, 0.2) is 25.0 Å². The number of H-pyrrole nitrogens is 2. The van der Waals surface area contributed by atoms with Gasteiger partial charge in [-0.3, -0.25) is 14.4 Å². The molecule has 2 rings (SSSR count). The maximum absolute atomic E-state index is 12.9. The van der Waals surface area contributed by atoms with Crippen LogP contribution in [0.4, 0.5) is 0 Å². The molecule has 2 heterocycles. The summed E-state index contributed by atoms with van der Waals surface area (Å²) in [5.41, 5.74) is 12.6. The monoisotopic (exact) mass is 491 g/mol. The van der Waals surface area contributed by atoms with E-state index in [1.54, 1.807) is 6.20 Å². The van der Waals surface area contributed by atoms with Crippen molar-refractivity contribution in [2.75, 3.05) is 6.54 Å². The normalized spacial score (nSPS) is 14.4. The van der Waals surface area contributed by atoms with Gasteiger partial charge in [-0.05, 0) is 32.7 Å². The number of carbonyl (C=O) groups is 4. The van der Waals surface area contributed by atoms with Gasteiger partial charge in [0.2, 0.25) is 17.7 Å². The van der Waals surface area contributed by atoms with Crippen LogP contribution in [-0.2, 0) is 32.0 Å². The lowest BCUT2D eigenvalue weighted by Crippen LogP contribution is -2.56. The van der Waals surface area contributed by atoms with Gasteiger partial charge >= 0.3 is 5.97 Å². The van der Waals surface area contributed by atoms with E-state index in [0.717, 1.165) is 0 Å². The lowest BCUT2D eigenvalue weighted by molar-refractivity contribution is -0.142. The van der Waals surface area contributed by atoms with E-state index in [1.165, 1.54) is 25.8 Å². The Balaban J connectivity index is 1.97. The average molecular weight is 492 g/mol. The molecule has 3 amide bonds. The lowest BCUT2D eigenvalue weighted by Gasteiger charge is -2.23. The third kappa shape index (κ3) is 9.17. The lowest BCUT2D eigenvalue weighted by atomic mass is 10.1. The van der Waals surface area contributed by atoms with Crippen LogP contribution in [-0.4, -0.2) is 79.4 Å². The first-order valence-electron chi connectivity index (χ1n) is 11.2. The highest BCUT2D eigenvalue weighted by Gasteiger charge is 2.29. The van der Waals surface area contributed by atoms with Crippen LogP contribution >= 0.6 is 0 Å². The van der Waals surface area contributed by atoms with Crippen LogP contribution in [0.5, 0.6) is 0 Å². The Morgan fingerprint density at radius 1 is 0.914 bits per heavy atom. The van der Waals surface area contributed by atoms with E-state index >= 15 is 0 Å². The zero-order valence-corrected chi connectivity index (χ0v) is 19.5. The number of hydrogen-bond donors (Lipinski definition) is 8. The summed E-state index contributed by atoms with van der Waals surface area (Å²) in [4.78, 5) is 63.0. The van der Waals surface area contributed by atoms with Crippen LogP contribution in [0.25, 0.3) is 0 Å². The number of aliphatic carboxylic acids is 1. The quantitative estimate of drug-likeness (QED) is 0.128. The molecule has 4 atom stereocenters. The number of amides is 3. The molecule has 0 aliphatic carbocycles. The molecule has 192 valence electrons. The molecule has 10 N–H and O–H groups in total. The van der Waals surface area contributed by atoms with Gasteiger partial charge in [0, 0.05) is 36.6 Å². The summed E-state index contributed by atoms with van der Waals surface area (Å²) in [5, 5.41) is 17.1. The fourth-order valence-electron chi connectivity index (χ4n) is 3.26. The second-order valence-electron chi connectivity index (χ2n) is 8.14. The van der Waals surface area contributed by atoms with Crippen molar-refractivity contribution in [1.29, 1.82) is 0 Å². The summed E-state index contributed by atoms with van der Waals surface area (Å²) in [6.45, 7) is 1.86. The molecular weight excluding hydrogens is 458 g/mol. The molecule has 0 aromatic carbocycles. The minimum Gasteiger partial charge on any atom is -0.480 e. The molecule has 35 heavy (non-hydrogen) atoms. The Kier molecular flexibility index (Phi) is 10.8. The Morgan fingerprint density at radius 3 is 2.06 bits per heavy atom. The van der Waals surface area contributed by atoms with Crippen molar-refractivity contribution in [3.05, 3.63) is 36.4 Å². The SMILES string of the molecule is CC(NC(=O)C(N)Cc1cnc[nH]1)C(=O)NC(CCCCN)C(=O)NC(Cc1cnc[nH]1)C(=O)O. The van der Waals surface area contributed by atoms with E-state index in [-0.39, 0.29) is 19.3 Å². The van der Waals surface area contributed by atoms with Crippen molar-refractivity contribution < 1.29 is 24.3 Å². The number of nitrogens with one attached hydrogen (secondary N) is 5. The van der Waals surface area contributed by atoms with E-state index in [1.807, 2.05) is 0 Å². The van der Waals surface area contributed by atoms with Gasteiger partial charge in [0.15, 0.2) is 0 Å². The van der Waals surface area contributed by atoms with Crippen LogP contribution < -0.4 is 27.4 Å². The van der Waals surface area contributed by atoms with Gasteiger partial charge in [0.05, 0.1) is 18.7 Å². The number of aromatic nitrogens is 4. The Labute approximate surface area is 202 Å². The second kappa shape index (κ2) is 13.8. The molecule has 14 nitrogen and oxygen atoms in total. The van der Waals surface area contributed by atoms with Crippen molar-refractivity contribution in [1.82, 2.24) is 35.9 Å². The maximum atomic E-state index is 12.9. The zero-order chi connectivity index (χ0) is 25.8. The number of carbonyl (C=O) groups excluding carboxylic acids is 3. The molecule has 0 aliphatic heterocycles. The van der Waals surface area contributed by atoms with E-state index in [0.29, 0.717) is 30.8 Å². The molecule has 4 unspecified atom stereocenters. The summed E-state index contributed by atoms with van der Waals surface area (Å²) in [6.07, 6.45) is 7.47. The number of carboxylic acid groups (broad SMARTS) is 1. The molecule has 0 bridgehead atoms. The molecule has 2 aromatic rings. The van der Waals surface area contributed by atoms with Gasteiger partial charge in [-0.1, -0.05) is 0 Å². The fraction of sp³-hybridized carbons (Fsp3) is 0.524. The number of aromatic amines is 2. The van der Waals surface area contributed by atoms with E-state index < -0.39 is 47.9 Å². The Hall–Kier alpha value is -3.78. The van der Waals surface area contributed by atoms with Crippen LogP contribution in [0, 0.1) is 0 Å². The van der Waals surface area contributed by atoms with Gasteiger partial charge in [-0.2, -0.15) is 0 Å². The highest BCUT2D eigenvalue weighted by atomic mass is 16.4. The second-order valence-corrected chi connectivity index (χ2v) is 8.14. The number of nitrogens with zero attached hydrogens (tertiary/aromatic N) is 2. The molecule has 0 radical (unpaired) electrons. The van der Waals surface area contributed by atoms with Crippen LogP contribution in [0.2, 0.25) is 0 Å². The molecule has 0 aliphatic rings. The largest absolute Gasteiger partial charge is 0.480 e. The van der Waals surface area contributed by atoms with Crippen LogP contribution in [0.1, 0.15) is 37.6 Å². The van der Waals surface area contributed by atoms with Crippen molar-refractivity contribution in [3.8, 4) is 0 Å². The maximum Gasteiger partial charge on any atom is 0.326 e. The number of unbranched alkanes of at least 4 members (excludes halogenated alkanes) is 1. The van der Waals surface area contributed by atoms with Crippen molar-refractivity contribution in [2.45, 2.75) is 63.2 Å². The summed E-state index contributed by atoms with van der Waals surface area (Å²) < 4.78 is 0. The molecule has 0 saturated heterocycles. The Morgan fingerprint density at radius 2 is 1.51 bits per heavy atom. The number of hydrogen-bond acceptors (Lipinski definition) is 8. The molecule has 14 heteroatoms. The number of nitrogens with two attached hydrogens (primary N) is 2. The van der Waals surface area contributed by atoms with E-state index in [9.17, 15) is 24.3 Å². The highest BCUT2D eigenvalue weighted by Crippen LogP contribution is 2.05. The van der Waals surface area contributed by atoms with Gasteiger partial charge in [-0.25, -0.2) is 14.8 Å². The number of carboxylic acids is 1. The van der Waals surface area contributed by atoms with Crippen molar-refractivity contribution in [3.63, 3.8) is 0 Å². The summed E-state index contributed by atoms with van der Waals surface area (Å²) in [6, 6.07) is -4.14. The Bertz CT molecular complexity index is 949. The van der Waals surface area contributed by atoms with Crippen LogP contribution in [0.3, 0.4) is 0 Å². The minimum absolute atomic E-state index is 0.00871. The summed E-state index contributed by atoms with van der Waals surface area (Å²) in [5.74, 6) is -3.04. The molecule has 0 fully saturated rings. The van der Waals surface area contributed by atoms with Gasteiger partial charge in [0.1, 0.15) is 18.1 Å². The molecule has 2 aromatic heterocycles. The first-order valence-corrected chi connectivity index (χ1v) is 11.2. The zero-order valence-electron chi connectivity index (χ0n) is 19.5.